The molecule has 0 aromatic carbocycles. The number of rotatable bonds is 5. The summed E-state index contributed by atoms with van der Waals surface area (Å²) in [6.45, 7) is 7.97. The maximum atomic E-state index is 12.7. The van der Waals surface area contributed by atoms with E-state index in [0.717, 1.165) is 11.4 Å². The Morgan fingerprint density at radius 2 is 2.00 bits per heavy atom. The minimum atomic E-state index is -0.923. The van der Waals surface area contributed by atoms with Gasteiger partial charge in [0.25, 0.3) is 5.91 Å². The Balaban J connectivity index is 2.46. The largest absolute Gasteiger partial charge is 0.481 e. The summed E-state index contributed by atoms with van der Waals surface area (Å²) in [4.78, 5) is 29.4. The van der Waals surface area contributed by atoms with Gasteiger partial charge in [-0.3, -0.25) is 9.59 Å². The zero-order valence-electron chi connectivity index (χ0n) is 13.3. The molecular weight excluding hydrogens is 284 g/mol. The van der Waals surface area contributed by atoms with Gasteiger partial charge in [0, 0.05) is 24.5 Å². The number of hydrogen-bond acceptors (Lipinski definition) is 4. The first-order valence-electron chi connectivity index (χ1n) is 7.19. The first-order valence-corrected chi connectivity index (χ1v) is 7.19. The fourth-order valence-electron chi connectivity index (χ4n) is 2.47. The third kappa shape index (κ3) is 2.93. The lowest BCUT2D eigenvalue weighted by molar-refractivity contribution is -0.137. The molecule has 0 unspecified atom stereocenters. The summed E-state index contributed by atoms with van der Waals surface area (Å²) in [5.74, 6) is -1.15. The molecule has 2 rings (SSSR count). The van der Waals surface area contributed by atoms with E-state index in [4.69, 9.17) is 5.11 Å². The molecule has 1 amide bonds. The summed E-state index contributed by atoms with van der Waals surface area (Å²) in [7, 11) is 0. The summed E-state index contributed by atoms with van der Waals surface area (Å²) in [5.41, 5.74) is 3.28. The molecule has 0 aliphatic heterocycles. The van der Waals surface area contributed by atoms with E-state index < -0.39 is 5.97 Å². The smallest absolute Gasteiger partial charge is 0.305 e. The number of amides is 1. The van der Waals surface area contributed by atoms with Crippen molar-refractivity contribution in [3.8, 4) is 0 Å². The van der Waals surface area contributed by atoms with E-state index in [1.165, 1.54) is 4.90 Å². The van der Waals surface area contributed by atoms with E-state index in [1.54, 1.807) is 11.4 Å². The zero-order valence-corrected chi connectivity index (χ0v) is 13.3. The first kappa shape index (κ1) is 15.9. The molecule has 0 fully saturated rings. The van der Waals surface area contributed by atoms with Crippen LogP contribution in [0.3, 0.4) is 0 Å². The highest BCUT2D eigenvalue weighted by atomic mass is 16.4. The molecular formula is C15H20N4O3. The van der Waals surface area contributed by atoms with Crippen molar-refractivity contribution in [3.05, 3.63) is 28.7 Å². The lowest BCUT2D eigenvalue weighted by atomic mass is 10.2. The molecule has 0 atom stereocenters. The number of aryl methyl sites for hydroxylation is 3. The highest BCUT2D eigenvalue weighted by Crippen LogP contribution is 2.18. The summed E-state index contributed by atoms with van der Waals surface area (Å²) < 4.78 is 1.65. The molecule has 0 aliphatic rings. The number of nitrogens with zero attached hydrogens (tertiary/aromatic N) is 4. The summed E-state index contributed by atoms with van der Waals surface area (Å²) in [6.07, 6.45) is -0.0800. The van der Waals surface area contributed by atoms with Crippen LogP contribution in [0.4, 0.5) is 0 Å². The Bertz CT molecular complexity index is 736. The van der Waals surface area contributed by atoms with Crippen LogP contribution in [0.1, 0.15) is 40.8 Å². The number of fused-ring (bicyclic) bond motifs is 1. The molecule has 2 aromatic rings. The molecule has 0 aliphatic carbocycles. The number of carboxylic acids is 1. The molecule has 118 valence electrons. The van der Waals surface area contributed by atoms with Gasteiger partial charge in [-0.25, -0.2) is 9.50 Å². The van der Waals surface area contributed by atoms with Crippen LogP contribution >= 0.6 is 0 Å². The van der Waals surface area contributed by atoms with Gasteiger partial charge in [0.05, 0.1) is 12.1 Å². The van der Waals surface area contributed by atoms with Gasteiger partial charge in [-0.2, -0.15) is 5.10 Å². The molecule has 7 heteroatoms. The molecule has 1 N–H and O–H groups in total. The topological polar surface area (TPSA) is 87.8 Å². The standard InChI is InChI=1S/C15H20N4O3/c1-5-18(7-6-12(20)21)15(22)13-11(4)17-19-10(3)8-9(2)16-14(13)19/h8H,5-7H2,1-4H3,(H,20,21). The predicted molar refractivity (Wildman–Crippen MR) is 81.0 cm³/mol. The predicted octanol–water partition coefficient (Wildman–Crippen LogP) is 1.59. The van der Waals surface area contributed by atoms with Gasteiger partial charge >= 0.3 is 5.97 Å². The van der Waals surface area contributed by atoms with Crippen molar-refractivity contribution < 1.29 is 14.7 Å². The van der Waals surface area contributed by atoms with E-state index in [-0.39, 0.29) is 18.9 Å². The third-order valence-corrected chi connectivity index (χ3v) is 3.55. The lowest BCUT2D eigenvalue weighted by Gasteiger charge is -2.19. The number of aromatic nitrogens is 3. The van der Waals surface area contributed by atoms with Crippen LogP contribution in [0.15, 0.2) is 6.07 Å². The minimum Gasteiger partial charge on any atom is -0.481 e. The highest BCUT2D eigenvalue weighted by Gasteiger charge is 2.24. The van der Waals surface area contributed by atoms with Crippen molar-refractivity contribution >= 4 is 17.5 Å². The fourth-order valence-corrected chi connectivity index (χ4v) is 2.47. The molecule has 0 bridgehead atoms. The van der Waals surface area contributed by atoms with E-state index in [0.29, 0.717) is 23.4 Å². The molecule has 2 aromatic heterocycles. The Hall–Kier alpha value is -2.44. The van der Waals surface area contributed by atoms with Gasteiger partial charge in [-0.15, -0.1) is 0 Å². The third-order valence-electron chi connectivity index (χ3n) is 3.55. The Morgan fingerprint density at radius 1 is 1.32 bits per heavy atom. The quantitative estimate of drug-likeness (QED) is 0.906. The van der Waals surface area contributed by atoms with Crippen molar-refractivity contribution in [3.63, 3.8) is 0 Å². The van der Waals surface area contributed by atoms with Gasteiger partial charge in [0.2, 0.25) is 0 Å². The number of carboxylic acid groups (broad SMARTS) is 1. The van der Waals surface area contributed by atoms with Gasteiger partial charge < -0.3 is 10.0 Å². The normalized spacial score (nSPS) is 10.9. The average molecular weight is 304 g/mol. The second-order valence-electron chi connectivity index (χ2n) is 5.26. The molecule has 7 nitrogen and oxygen atoms in total. The fraction of sp³-hybridized carbons (Fsp3) is 0.467. The van der Waals surface area contributed by atoms with E-state index in [9.17, 15) is 9.59 Å². The van der Waals surface area contributed by atoms with Crippen LogP contribution in [0.5, 0.6) is 0 Å². The Morgan fingerprint density at radius 3 is 2.59 bits per heavy atom. The summed E-state index contributed by atoms with van der Waals surface area (Å²) >= 11 is 0. The maximum Gasteiger partial charge on any atom is 0.305 e. The molecule has 0 saturated heterocycles. The van der Waals surface area contributed by atoms with Crippen LogP contribution in [0.2, 0.25) is 0 Å². The van der Waals surface area contributed by atoms with Gasteiger partial charge in [0.15, 0.2) is 5.65 Å². The van der Waals surface area contributed by atoms with E-state index >= 15 is 0 Å². The highest BCUT2D eigenvalue weighted by molar-refractivity contribution is 6.01. The second-order valence-corrected chi connectivity index (χ2v) is 5.26. The number of carbonyl (C=O) groups excluding carboxylic acids is 1. The van der Waals surface area contributed by atoms with Crippen molar-refractivity contribution in [2.75, 3.05) is 13.1 Å². The molecule has 0 radical (unpaired) electrons. The van der Waals surface area contributed by atoms with Crippen LogP contribution in [0.25, 0.3) is 5.65 Å². The maximum absolute atomic E-state index is 12.7. The summed E-state index contributed by atoms with van der Waals surface area (Å²) in [5, 5.41) is 13.2. The number of hydrogen-bond donors (Lipinski definition) is 1. The van der Waals surface area contributed by atoms with Crippen molar-refractivity contribution in [1.82, 2.24) is 19.5 Å². The second kappa shape index (κ2) is 6.13. The number of carbonyl (C=O) groups is 2. The van der Waals surface area contributed by atoms with Crippen molar-refractivity contribution in [1.29, 1.82) is 0 Å². The SMILES string of the molecule is CCN(CCC(=O)O)C(=O)c1c(C)nn2c(C)cc(C)nc12. The molecule has 22 heavy (non-hydrogen) atoms. The number of aliphatic carboxylic acids is 1. The molecule has 0 saturated carbocycles. The van der Waals surface area contributed by atoms with Gasteiger partial charge in [-0.05, 0) is 33.8 Å². The lowest BCUT2D eigenvalue weighted by Crippen LogP contribution is -2.33. The Labute approximate surface area is 128 Å². The van der Waals surface area contributed by atoms with E-state index in [2.05, 4.69) is 10.1 Å². The van der Waals surface area contributed by atoms with Crippen molar-refractivity contribution in [2.24, 2.45) is 0 Å². The van der Waals surface area contributed by atoms with Crippen LogP contribution in [0, 0.1) is 20.8 Å². The minimum absolute atomic E-state index is 0.0800. The summed E-state index contributed by atoms with van der Waals surface area (Å²) in [6, 6.07) is 1.90. The first-order chi connectivity index (χ1) is 10.3. The van der Waals surface area contributed by atoms with Gasteiger partial charge in [-0.1, -0.05) is 0 Å². The zero-order chi connectivity index (χ0) is 16.4. The van der Waals surface area contributed by atoms with Crippen LogP contribution < -0.4 is 0 Å². The monoisotopic (exact) mass is 304 g/mol. The molecule has 2 heterocycles. The Kier molecular flexibility index (Phi) is 4.44. The average Bonchev–Trinajstić information content (AvgIpc) is 2.75. The van der Waals surface area contributed by atoms with E-state index in [1.807, 2.05) is 26.8 Å². The van der Waals surface area contributed by atoms with Crippen molar-refractivity contribution in [2.45, 2.75) is 34.1 Å². The molecule has 0 spiro atoms. The van der Waals surface area contributed by atoms with Crippen LogP contribution in [-0.4, -0.2) is 49.6 Å². The van der Waals surface area contributed by atoms with Gasteiger partial charge in [0.1, 0.15) is 5.56 Å². The van der Waals surface area contributed by atoms with Crippen LogP contribution in [-0.2, 0) is 4.79 Å².